The van der Waals surface area contributed by atoms with E-state index in [4.69, 9.17) is 0 Å². The number of nitrogens with one attached hydrogen (secondary N) is 1. The van der Waals surface area contributed by atoms with Crippen molar-refractivity contribution in [2.24, 2.45) is 5.92 Å². The first-order valence-corrected chi connectivity index (χ1v) is 7.53. The highest BCUT2D eigenvalue weighted by Gasteiger charge is 2.15. The van der Waals surface area contributed by atoms with Crippen LogP contribution in [0.4, 0.5) is 4.39 Å². The monoisotopic (exact) mass is 285 g/mol. The number of hydrogen-bond donors (Lipinski definition) is 1. The first-order valence-electron chi connectivity index (χ1n) is 7.53. The zero-order valence-electron chi connectivity index (χ0n) is 13.3. The summed E-state index contributed by atoms with van der Waals surface area (Å²) in [6.07, 6.45) is 1.09. The van der Waals surface area contributed by atoms with Gasteiger partial charge >= 0.3 is 0 Å². The smallest absolute Gasteiger partial charge is 0.123 e. The van der Waals surface area contributed by atoms with Crippen molar-refractivity contribution in [2.45, 2.75) is 33.2 Å². The third-order valence-corrected chi connectivity index (χ3v) is 3.80. The molecule has 2 heteroatoms. The van der Waals surface area contributed by atoms with Crippen LogP contribution in [-0.2, 0) is 6.42 Å². The number of rotatable bonds is 5. The Kier molecular flexibility index (Phi) is 5.13. The van der Waals surface area contributed by atoms with Gasteiger partial charge in [-0.3, -0.25) is 0 Å². The van der Waals surface area contributed by atoms with Crippen LogP contribution in [0.15, 0.2) is 42.5 Å². The molecule has 0 aliphatic carbocycles. The van der Waals surface area contributed by atoms with Crippen molar-refractivity contribution in [3.63, 3.8) is 0 Å². The van der Waals surface area contributed by atoms with Gasteiger partial charge in [-0.25, -0.2) is 4.39 Å². The lowest BCUT2D eigenvalue weighted by molar-refractivity contribution is 0.614. The Morgan fingerprint density at radius 2 is 1.71 bits per heavy atom. The fourth-order valence-electron chi connectivity index (χ4n) is 2.74. The maximum Gasteiger partial charge on any atom is 0.123 e. The summed E-state index contributed by atoms with van der Waals surface area (Å²) in [6.45, 7) is 6.47. The van der Waals surface area contributed by atoms with E-state index in [2.05, 4.69) is 43.4 Å². The zero-order valence-corrected chi connectivity index (χ0v) is 13.3. The van der Waals surface area contributed by atoms with E-state index < -0.39 is 0 Å². The predicted molar refractivity (Wildman–Crippen MR) is 87.0 cm³/mol. The van der Waals surface area contributed by atoms with Crippen LogP contribution in [0.3, 0.4) is 0 Å². The number of aryl methyl sites for hydroxylation is 1. The molecule has 0 aliphatic rings. The molecule has 0 bridgehead atoms. The summed E-state index contributed by atoms with van der Waals surface area (Å²) in [4.78, 5) is 0. The summed E-state index contributed by atoms with van der Waals surface area (Å²) in [6, 6.07) is 13.6. The molecular weight excluding hydrogens is 261 g/mol. The lowest BCUT2D eigenvalue weighted by Gasteiger charge is -2.20. The Balaban J connectivity index is 2.31. The largest absolute Gasteiger partial charge is 0.309 e. The summed E-state index contributed by atoms with van der Waals surface area (Å²) in [5, 5.41) is 3.30. The normalized spacial score (nSPS) is 12.7. The Morgan fingerprint density at radius 3 is 2.29 bits per heavy atom. The second-order valence-electron chi connectivity index (χ2n) is 6.06. The third-order valence-electron chi connectivity index (χ3n) is 3.80. The second-order valence-corrected chi connectivity index (χ2v) is 6.06. The van der Waals surface area contributed by atoms with E-state index in [1.54, 1.807) is 6.07 Å². The molecule has 2 aromatic rings. The highest BCUT2D eigenvalue weighted by Crippen LogP contribution is 2.26. The standard InChI is InChI=1S/C19H24FN/c1-13(2)11-15-6-8-16(9-7-15)19(21-4)18-12-17(20)10-5-14(18)3/h5-10,12-13,19,21H,11H2,1-4H3. The van der Waals surface area contributed by atoms with E-state index in [9.17, 15) is 4.39 Å². The van der Waals surface area contributed by atoms with Gasteiger partial charge in [-0.15, -0.1) is 0 Å². The van der Waals surface area contributed by atoms with Crippen LogP contribution < -0.4 is 5.32 Å². The van der Waals surface area contributed by atoms with E-state index in [0.29, 0.717) is 5.92 Å². The van der Waals surface area contributed by atoms with Gasteiger partial charge in [0.05, 0.1) is 6.04 Å². The fraction of sp³-hybridized carbons (Fsp3) is 0.368. The van der Waals surface area contributed by atoms with E-state index in [1.807, 2.05) is 20.0 Å². The van der Waals surface area contributed by atoms with Crippen LogP contribution >= 0.6 is 0 Å². The van der Waals surface area contributed by atoms with Gasteiger partial charge < -0.3 is 5.32 Å². The number of benzene rings is 2. The van der Waals surface area contributed by atoms with Crippen LogP contribution in [0.1, 0.15) is 42.1 Å². The molecule has 0 spiro atoms. The molecular formula is C19H24FN. The number of hydrogen-bond acceptors (Lipinski definition) is 1. The SMILES string of the molecule is CNC(c1ccc(CC(C)C)cc1)c1cc(F)ccc1C. The van der Waals surface area contributed by atoms with Crippen molar-refractivity contribution < 1.29 is 4.39 Å². The molecule has 0 aromatic heterocycles. The van der Waals surface area contributed by atoms with Crippen molar-refractivity contribution in [1.82, 2.24) is 5.32 Å². The van der Waals surface area contributed by atoms with Crippen LogP contribution in [0, 0.1) is 18.7 Å². The Hall–Kier alpha value is -1.67. The van der Waals surface area contributed by atoms with E-state index >= 15 is 0 Å². The van der Waals surface area contributed by atoms with E-state index in [0.717, 1.165) is 17.5 Å². The lowest BCUT2D eigenvalue weighted by atomic mass is 9.93. The van der Waals surface area contributed by atoms with Crippen molar-refractivity contribution >= 4 is 0 Å². The highest BCUT2D eigenvalue weighted by atomic mass is 19.1. The van der Waals surface area contributed by atoms with Crippen molar-refractivity contribution in [3.05, 3.63) is 70.5 Å². The van der Waals surface area contributed by atoms with Crippen molar-refractivity contribution in [2.75, 3.05) is 7.05 Å². The molecule has 0 fully saturated rings. The van der Waals surface area contributed by atoms with Crippen LogP contribution in [0.2, 0.25) is 0 Å². The number of halogens is 1. The molecule has 1 unspecified atom stereocenters. The Labute approximate surface area is 127 Å². The van der Waals surface area contributed by atoms with Gasteiger partial charge in [-0.1, -0.05) is 44.2 Å². The predicted octanol–water partition coefficient (Wildman–Crippen LogP) is 4.64. The first kappa shape index (κ1) is 15.7. The average Bonchev–Trinajstić information content (AvgIpc) is 2.44. The van der Waals surface area contributed by atoms with Crippen LogP contribution in [0.5, 0.6) is 0 Å². The molecule has 112 valence electrons. The zero-order chi connectivity index (χ0) is 15.4. The van der Waals surface area contributed by atoms with Gasteiger partial charge in [-0.05, 0) is 60.7 Å². The quantitative estimate of drug-likeness (QED) is 0.843. The molecule has 0 saturated heterocycles. The fourth-order valence-corrected chi connectivity index (χ4v) is 2.74. The molecule has 0 radical (unpaired) electrons. The van der Waals surface area contributed by atoms with Gasteiger partial charge in [0.2, 0.25) is 0 Å². The summed E-state index contributed by atoms with van der Waals surface area (Å²) in [7, 11) is 1.91. The van der Waals surface area contributed by atoms with E-state index in [-0.39, 0.29) is 11.9 Å². The molecule has 2 rings (SSSR count). The summed E-state index contributed by atoms with van der Waals surface area (Å²) in [5.74, 6) is 0.466. The van der Waals surface area contributed by atoms with Gasteiger partial charge in [0.15, 0.2) is 0 Å². The molecule has 1 nitrogen and oxygen atoms in total. The third kappa shape index (κ3) is 3.92. The summed E-state index contributed by atoms with van der Waals surface area (Å²) >= 11 is 0. The minimum atomic E-state index is -0.188. The summed E-state index contributed by atoms with van der Waals surface area (Å²) < 4.78 is 13.5. The maximum atomic E-state index is 13.5. The van der Waals surface area contributed by atoms with Crippen molar-refractivity contribution in [1.29, 1.82) is 0 Å². The molecule has 1 N–H and O–H groups in total. The topological polar surface area (TPSA) is 12.0 Å². The molecule has 0 aliphatic heterocycles. The van der Waals surface area contributed by atoms with E-state index in [1.165, 1.54) is 17.2 Å². The maximum absolute atomic E-state index is 13.5. The molecule has 1 atom stereocenters. The van der Waals surface area contributed by atoms with Gasteiger partial charge in [-0.2, -0.15) is 0 Å². The van der Waals surface area contributed by atoms with Gasteiger partial charge in [0.1, 0.15) is 5.82 Å². The molecule has 0 heterocycles. The Bertz CT molecular complexity index is 587. The van der Waals surface area contributed by atoms with Crippen molar-refractivity contribution in [3.8, 4) is 0 Å². The van der Waals surface area contributed by atoms with Crippen LogP contribution in [-0.4, -0.2) is 7.05 Å². The Morgan fingerprint density at radius 1 is 1.05 bits per heavy atom. The first-order chi connectivity index (χ1) is 10.0. The lowest BCUT2D eigenvalue weighted by Crippen LogP contribution is -2.19. The van der Waals surface area contributed by atoms with Gasteiger partial charge in [0, 0.05) is 0 Å². The molecule has 0 saturated carbocycles. The highest BCUT2D eigenvalue weighted by molar-refractivity contribution is 5.38. The van der Waals surface area contributed by atoms with Gasteiger partial charge in [0.25, 0.3) is 0 Å². The minimum absolute atomic E-state index is 0.0220. The molecule has 0 amide bonds. The second kappa shape index (κ2) is 6.86. The minimum Gasteiger partial charge on any atom is -0.309 e. The molecule has 21 heavy (non-hydrogen) atoms. The summed E-state index contributed by atoms with van der Waals surface area (Å²) in [5.41, 5.74) is 4.61. The molecule has 2 aromatic carbocycles. The van der Waals surface area contributed by atoms with Crippen LogP contribution in [0.25, 0.3) is 0 Å². The average molecular weight is 285 g/mol.